The molecule has 0 radical (unpaired) electrons. The van der Waals surface area contributed by atoms with Gasteiger partial charge in [-0.2, -0.15) is 0 Å². The minimum atomic E-state index is 0.823. The number of ether oxygens (including phenoxy) is 1. The molecular formula is C11H9Br2NO. The second-order valence-electron chi connectivity index (χ2n) is 3.21. The lowest BCUT2D eigenvalue weighted by Gasteiger charge is -2.07. The van der Waals surface area contributed by atoms with Crippen LogP contribution in [0.4, 0.5) is 0 Å². The van der Waals surface area contributed by atoms with Gasteiger partial charge in [0.1, 0.15) is 5.75 Å². The Balaban J connectivity index is 2.80. The number of nitrogens with zero attached hydrogens (tertiary/aromatic N) is 1. The molecule has 0 amide bonds. The number of rotatable bonds is 1. The van der Waals surface area contributed by atoms with Gasteiger partial charge in [0.2, 0.25) is 0 Å². The number of benzene rings is 1. The summed E-state index contributed by atoms with van der Waals surface area (Å²) in [6.07, 6.45) is 0. The first-order valence-corrected chi connectivity index (χ1v) is 6.01. The van der Waals surface area contributed by atoms with Crippen molar-refractivity contribution in [2.75, 3.05) is 7.11 Å². The van der Waals surface area contributed by atoms with Crippen LogP contribution in [0.3, 0.4) is 0 Å². The van der Waals surface area contributed by atoms with E-state index in [4.69, 9.17) is 4.74 Å². The number of halogens is 2. The van der Waals surface area contributed by atoms with Crippen molar-refractivity contribution >= 4 is 42.8 Å². The van der Waals surface area contributed by atoms with Crippen LogP contribution in [0.25, 0.3) is 10.9 Å². The number of fused-ring (bicyclic) bond motifs is 1. The molecule has 15 heavy (non-hydrogen) atoms. The van der Waals surface area contributed by atoms with Crippen LogP contribution in [-0.2, 0) is 0 Å². The Hall–Kier alpha value is -0.610. The standard InChI is InChI=1S/C11H9Br2NO/c1-6-10(12)11(13)8-4-3-7(15-2)5-9(8)14-6/h3-5H,1-2H3. The van der Waals surface area contributed by atoms with Crippen molar-refractivity contribution in [3.8, 4) is 5.75 Å². The molecule has 0 bridgehead atoms. The van der Waals surface area contributed by atoms with E-state index in [1.807, 2.05) is 25.1 Å². The summed E-state index contributed by atoms with van der Waals surface area (Å²) >= 11 is 7.05. The highest BCUT2D eigenvalue weighted by Crippen LogP contribution is 2.33. The Morgan fingerprint density at radius 1 is 1.20 bits per heavy atom. The van der Waals surface area contributed by atoms with Crippen LogP contribution >= 0.6 is 31.9 Å². The lowest BCUT2D eigenvalue weighted by atomic mass is 10.2. The molecule has 0 spiro atoms. The van der Waals surface area contributed by atoms with Gasteiger partial charge in [-0.15, -0.1) is 0 Å². The zero-order valence-electron chi connectivity index (χ0n) is 8.34. The van der Waals surface area contributed by atoms with Gasteiger partial charge < -0.3 is 4.74 Å². The van der Waals surface area contributed by atoms with E-state index in [9.17, 15) is 0 Å². The molecule has 4 heteroatoms. The maximum absolute atomic E-state index is 5.17. The van der Waals surface area contributed by atoms with Gasteiger partial charge in [0.25, 0.3) is 0 Å². The maximum atomic E-state index is 5.17. The molecule has 0 fully saturated rings. The van der Waals surface area contributed by atoms with Gasteiger partial charge in [-0.25, -0.2) is 0 Å². The van der Waals surface area contributed by atoms with Crippen LogP contribution in [0.2, 0.25) is 0 Å². The fourth-order valence-corrected chi connectivity index (χ4v) is 2.35. The molecule has 78 valence electrons. The van der Waals surface area contributed by atoms with Crippen LogP contribution in [0.5, 0.6) is 5.75 Å². The minimum absolute atomic E-state index is 0.823. The van der Waals surface area contributed by atoms with Crippen molar-refractivity contribution in [1.82, 2.24) is 4.98 Å². The summed E-state index contributed by atoms with van der Waals surface area (Å²) < 4.78 is 7.20. The number of hydrogen-bond acceptors (Lipinski definition) is 2. The molecule has 2 rings (SSSR count). The van der Waals surface area contributed by atoms with Crippen LogP contribution in [0, 0.1) is 6.92 Å². The molecular weight excluding hydrogens is 322 g/mol. The van der Waals surface area contributed by atoms with E-state index in [1.54, 1.807) is 7.11 Å². The van der Waals surface area contributed by atoms with E-state index < -0.39 is 0 Å². The second kappa shape index (κ2) is 4.10. The topological polar surface area (TPSA) is 22.1 Å². The second-order valence-corrected chi connectivity index (χ2v) is 4.79. The molecule has 2 aromatic rings. The van der Waals surface area contributed by atoms with Crippen LogP contribution < -0.4 is 4.74 Å². The largest absolute Gasteiger partial charge is 0.497 e. The molecule has 0 N–H and O–H groups in total. The van der Waals surface area contributed by atoms with Gasteiger partial charge in [0.05, 0.1) is 22.8 Å². The van der Waals surface area contributed by atoms with Gasteiger partial charge in [0, 0.05) is 15.9 Å². The summed E-state index contributed by atoms with van der Waals surface area (Å²) in [5.41, 5.74) is 1.89. The molecule has 0 aliphatic rings. The first-order valence-electron chi connectivity index (χ1n) is 4.43. The van der Waals surface area contributed by atoms with Crippen molar-refractivity contribution in [3.05, 3.63) is 32.8 Å². The summed E-state index contributed by atoms with van der Waals surface area (Å²) in [7, 11) is 1.65. The van der Waals surface area contributed by atoms with Gasteiger partial charge in [-0.3, -0.25) is 4.98 Å². The Morgan fingerprint density at radius 2 is 1.93 bits per heavy atom. The van der Waals surface area contributed by atoms with Crippen molar-refractivity contribution in [2.45, 2.75) is 6.92 Å². The molecule has 0 aliphatic heterocycles. The average Bonchev–Trinajstić information content (AvgIpc) is 2.25. The van der Waals surface area contributed by atoms with E-state index in [2.05, 4.69) is 36.8 Å². The summed E-state index contributed by atoms with van der Waals surface area (Å²) in [6.45, 7) is 1.97. The molecule has 1 aromatic carbocycles. The zero-order valence-corrected chi connectivity index (χ0v) is 11.5. The Labute approximate surface area is 105 Å². The van der Waals surface area contributed by atoms with E-state index in [1.165, 1.54) is 0 Å². The van der Waals surface area contributed by atoms with E-state index in [0.717, 1.165) is 31.3 Å². The summed E-state index contributed by atoms with van der Waals surface area (Å²) in [6, 6.07) is 5.85. The van der Waals surface area contributed by atoms with Gasteiger partial charge in [-0.05, 0) is 50.9 Å². The van der Waals surface area contributed by atoms with E-state index in [0.29, 0.717) is 0 Å². The van der Waals surface area contributed by atoms with Crippen molar-refractivity contribution in [3.63, 3.8) is 0 Å². The summed E-state index contributed by atoms with van der Waals surface area (Å²) in [5.74, 6) is 0.823. The first-order chi connectivity index (χ1) is 7.13. The van der Waals surface area contributed by atoms with Crippen molar-refractivity contribution in [2.24, 2.45) is 0 Å². The quantitative estimate of drug-likeness (QED) is 0.786. The summed E-state index contributed by atoms with van der Waals surface area (Å²) in [4.78, 5) is 4.49. The third-order valence-electron chi connectivity index (χ3n) is 2.24. The fourth-order valence-electron chi connectivity index (χ4n) is 1.42. The van der Waals surface area contributed by atoms with Gasteiger partial charge >= 0.3 is 0 Å². The normalized spacial score (nSPS) is 10.7. The summed E-state index contributed by atoms with van der Waals surface area (Å²) in [5, 5.41) is 1.08. The SMILES string of the molecule is COc1ccc2c(Br)c(Br)c(C)nc2c1. The Bertz CT molecular complexity index is 525. The maximum Gasteiger partial charge on any atom is 0.121 e. The zero-order chi connectivity index (χ0) is 11.0. The third-order valence-corrected chi connectivity index (χ3v) is 4.57. The van der Waals surface area contributed by atoms with Crippen LogP contribution in [0.1, 0.15) is 5.69 Å². The number of pyridine rings is 1. The Morgan fingerprint density at radius 3 is 2.60 bits per heavy atom. The predicted molar refractivity (Wildman–Crippen MR) is 68.4 cm³/mol. The van der Waals surface area contributed by atoms with Crippen LogP contribution in [-0.4, -0.2) is 12.1 Å². The third kappa shape index (κ3) is 1.88. The number of methoxy groups -OCH3 is 1. The molecule has 2 nitrogen and oxygen atoms in total. The molecule has 1 heterocycles. The molecule has 1 aromatic heterocycles. The lowest BCUT2D eigenvalue weighted by Crippen LogP contribution is -1.89. The predicted octanol–water partition coefficient (Wildman–Crippen LogP) is 4.08. The monoisotopic (exact) mass is 329 g/mol. The fraction of sp³-hybridized carbons (Fsp3) is 0.182. The van der Waals surface area contributed by atoms with Crippen molar-refractivity contribution in [1.29, 1.82) is 0 Å². The first kappa shape index (κ1) is 10.9. The minimum Gasteiger partial charge on any atom is -0.497 e. The Kier molecular flexibility index (Phi) is 2.98. The smallest absolute Gasteiger partial charge is 0.121 e. The molecule has 0 saturated carbocycles. The number of aryl methyl sites for hydroxylation is 1. The molecule has 0 unspecified atom stereocenters. The molecule has 0 aliphatic carbocycles. The van der Waals surface area contributed by atoms with Gasteiger partial charge in [-0.1, -0.05) is 0 Å². The molecule has 0 atom stereocenters. The number of hydrogen-bond donors (Lipinski definition) is 0. The molecule has 0 saturated heterocycles. The van der Waals surface area contributed by atoms with Crippen LogP contribution in [0.15, 0.2) is 27.1 Å². The highest BCUT2D eigenvalue weighted by Gasteiger charge is 2.08. The van der Waals surface area contributed by atoms with E-state index in [-0.39, 0.29) is 0 Å². The van der Waals surface area contributed by atoms with Crippen molar-refractivity contribution < 1.29 is 4.74 Å². The number of aromatic nitrogens is 1. The average molecular weight is 331 g/mol. The van der Waals surface area contributed by atoms with E-state index >= 15 is 0 Å². The van der Waals surface area contributed by atoms with Gasteiger partial charge in [0.15, 0.2) is 0 Å². The highest BCUT2D eigenvalue weighted by molar-refractivity contribution is 9.13. The lowest BCUT2D eigenvalue weighted by molar-refractivity contribution is 0.415. The highest BCUT2D eigenvalue weighted by atomic mass is 79.9.